The van der Waals surface area contributed by atoms with Crippen LogP contribution in [0.3, 0.4) is 0 Å². The number of aliphatic hydroxyl groups is 2. The van der Waals surface area contributed by atoms with Crippen LogP contribution in [0, 0.1) is 11.7 Å². The van der Waals surface area contributed by atoms with Crippen molar-refractivity contribution in [1.82, 2.24) is 0 Å². The molecule has 1 aliphatic carbocycles. The zero-order valence-corrected chi connectivity index (χ0v) is 11.0. The van der Waals surface area contributed by atoms with Gasteiger partial charge in [0.1, 0.15) is 18.2 Å². The van der Waals surface area contributed by atoms with Gasteiger partial charge in [-0.1, -0.05) is 25.7 Å². The van der Waals surface area contributed by atoms with Crippen molar-refractivity contribution in [1.29, 1.82) is 0 Å². The topological polar surface area (TPSA) is 49.7 Å². The standard InChI is InChI=1S/C15H21FO3/c16-13-5-12(9-17)7-15(8-13)19-10-14(18)6-11-3-1-2-4-11/h5,7-8,11,14,17-18H,1-4,6,9-10H2. The first-order chi connectivity index (χ1) is 9.17. The van der Waals surface area contributed by atoms with E-state index in [-0.39, 0.29) is 13.2 Å². The summed E-state index contributed by atoms with van der Waals surface area (Å²) >= 11 is 0. The number of hydrogen-bond acceptors (Lipinski definition) is 3. The van der Waals surface area contributed by atoms with Crippen LogP contribution in [0.2, 0.25) is 0 Å². The van der Waals surface area contributed by atoms with Crippen LogP contribution >= 0.6 is 0 Å². The minimum atomic E-state index is -0.510. The minimum Gasteiger partial charge on any atom is -0.491 e. The van der Waals surface area contributed by atoms with E-state index in [0.717, 1.165) is 6.42 Å². The van der Waals surface area contributed by atoms with Crippen molar-refractivity contribution in [3.05, 3.63) is 29.6 Å². The number of hydrogen-bond donors (Lipinski definition) is 2. The number of ether oxygens (including phenoxy) is 1. The fourth-order valence-electron chi connectivity index (χ4n) is 2.69. The lowest BCUT2D eigenvalue weighted by Crippen LogP contribution is -2.20. The molecule has 0 spiro atoms. The summed E-state index contributed by atoms with van der Waals surface area (Å²) in [5.74, 6) is 0.514. The van der Waals surface area contributed by atoms with Crippen LogP contribution in [-0.4, -0.2) is 22.9 Å². The Morgan fingerprint density at radius 3 is 2.68 bits per heavy atom. The molecule has 0 aromatic heterocycles. The van der Waals surface area contributed by atoms with Gasteiger partial charge in [0.25, 0.3) is 0 Å². The van der Waals surface area contributed by atoms with Gasteiger partial charge in [0.2, 0.25) is 0 Å². The van der Waals surface area contributed by atoms with Crippen LogP contribution < -0.4 is 4.74 Å². The van der Waals surface area contributed by atoms with E-state index in [9.17, 15) is 9.50 Å². The number of rotatable bonds is 6. The quantitative estimate of drug-likeness (QED) is 0.834. The minimum absolute atomic E-state index is 0.171. The maximum Gasteiger partial charge on any atom is 0.127 e. The van der Waals surface area contributed by atoms with Crippen molar-refractivity contribution in [2.75, 3.05) is 6.61 Å². The fraction of sp³-hybridized carbons (Fsp3) is 0.600. The summed E-state index contributed by atoms with van der Waals surface area (Å²) in [5.41, 5.74) is 0.472. The normalized spacial score (nSPS) is 17.6. The third-order valence-corrected chi connectivity index (χ3v) is 3.64. The van der Waals surface area contributed by atoms with E-state index >= 15 is 0 Å². The van der Waals surface area contributed by atoms with Crippen LogP contribution in [0.4, 0.5) is 4.39 Å². The summed E-state index contributed by atoms with van der Waals surface area (Å²) < 4.78 is 18.6. The first kappa shape index (κ1) is 14.3. The molecule has 1 aromatic carbocycles. The molecule has 4 heteroatoms. The third kappa shape index (κ3) is 4.48. The van der Waals surface area contributed by atoms with E-state index in [1.165, 1.54) is 37.8 Å². The Morgan fingerprint density at radius 2 is 2.00 bits per heavy atom. The number of aliphatic hydroxyl groups excluding tert-OH is 2. The second-order valence-electron chi connectivity index (χ2n) is 5.30. The molecule has 1 fully saturated rings. The third-order valence-electron chi connectivity index (χ3n) is 3.64. The zero-order valence-electron chi connectivity index (χ0n) is 11.0. The second-order valence-corrected chi connectivity index (χ2v) is 5.30. The molecule has 0 bridgehead atoms. The van der Waals surface area contributed by atoms with Gasteiger partial charge in [0.15, 0.2) is 0 Å². The Morgan fingerprint density at radius 1 is 1.26 bits per heavy atom. The Kier molecular flexibility index (Phi) is 5.16. The van der Waals surface area contributed by atoms with E-state index in [4.69, 9.17) is 9.84 Å². The highest BCUT2D eigenvalue weighted by Crippen LogP contribution is 2.28. The van der Waals surface area contributed by atoms with Gasteiger partial charge in [-0.2, -0.15) is 0 Å². The molecule has 0 aliphatic heterocycles. The van der Waals surface area contributed by atoms with Gasteiger partial charge in [-0.05, 0) is 30.0 Å². The predicted octanol–water partition coefficient (Wildman–Crippen LogP) is 2.64. The van der Waals surface area contributed by atoms with Crippen molar-refractivity contribution >= 4 is 0 Å². The summed E-state index contributed by atoms with van der Waals surface area (Å²) in [5, 5.41) is 18.9. The van der Waals surface area contributed by atoms with Gasteiger partial charge in [0.05, 0.1) is 12.7 Å². The monoisotopic (exact) mass is 268 g/mol. The number of benzene rings is 1. The molecular formula is C15H21FO3. The molecule has 1 aliphatic rings. The van der Waals surface area contributed by atoms with Gasteiger partial charge in [-0.25, -0.2) is 4.39 Å². The van der Waals surface area contributed by atoms with Crippen molar-refractivity contribution in [2.45, 2.75) is 44.8 Å². The Bertz CT molecular complexity index is 402. The Balaban J connectivity index is 1.82. The van der Waals surface area contributed by atoms with Crippen LogP contribution in [-0.2, 0) is 6.61 Å². The summed E-state index contributed by atoms with van der Waals surface area (Å²) in [4.78, 5) is 0. The van der Waals surface area contributed by atoms with Crippen LogP contribution in [0.1, 0.15) is 37.7 Å². The molecule has 1 saturated carbocycles. The van der Waals surface area contributed by atoms with Gasteiger partial charge >= 0.3 is 0 Å². The lowest BCUT2D eigenvalue weighted by molar-refractivity contribution is 0.0853. The molecule has 2 rings (SSSR count). The molecule has 19 heavy (non-hydrogen) atoms. The maximum atomic E-state index is 13.2. The molecule has 2 N–H and O–H groups in total. The summed E-state index contributed by atoms with van der Waals surface area (Å²) in [7, 11) is 0. The van der Waals surface area contributed by atoms with E-state index in [1.807, 2.05) is 0 Å². The lowest BCUT2D eigenvalue weighted by Gasteiger charge is -2.16. The van der Waals surface area contributed by atoms with Crippen molar-refractivity contribution in [3.8, 4) is 5.75 Å². The molecule has 1 unspecified atom stereocenters. The molecule has 3 nitrogen and oxygen atoms in total. The Hall–Kier alpha value is -1.13. The van der Waals surface area contributed by atoms with Gasteiger partial charge in [0, 0.05) is 6.07 Å². The molecule has 0 amide bonds. The average Bonchev–Trinajstić information content (AvgIpc) is 2.88. The van der Waals surface area contributed by atoms with E-state index in [0.29, 0.717) is 17.2 Å². The molecular weight excluding hydrogens is 247 g/mol. The molecule has 106 valence electrons. The highest BCUT2D eigenvalue weighted by molar-refractivity contribution is 5.29. The molecule has 0 heterocycles. The molecule has 1 atom stereocenters. The van der Waals surface area contributed by atoms with Crippen molar-refractivity contribution in [3.63, 3.8) is 0 Å². The summed E-state index contributed by atoms with van der Waals surface area (Å²) in [6, 6.07) is 4.12. The summed E-state index contributed by atoms with van der Waals surface area (Å²) in [6.07, 6.45) is 5.12. The van der Waals surface area contributed by atoms with E-state index in [2.05, 4.69) is 0 Å². The Labute approximate surface area is 113 Å². The molecule has 0 saturated heterocycles. The van der Waals surface area contributed by atoms with Crippen LogP contribution in [0.15, 0.2) is 18.2 Å². The first-order valence-corrected chi connectivity index (χ1v) is 6.88. The van der Waals surface area contributed by atoms with E-state index in [1.54, 1.807) is 6.07 Å². The SMILES string of the molecule is OCc1cc(F)cc(OCC(O)CC2CCCC2)c1. The highest BCUT2D eigenvalue weighted by Gasteiger charge is 2.19. The largest absolute Gasteiger partial charge is 0.491 e. The first-order valence-electron chi connectivity index (χ1n) is 6.88. The smallest absolute Gasteiger partial charge is 0.127 e. The van der Waals surface area contributed by atoms with E-state index < -0.39 is 11.9 Å². The molecule has 0 radical (unpaired) electrons. The molecule has 1 aromatic rings. The van der Waals surface area contributed by atoms with Crippen molar-refractivity contribution in [2.24, 2.45) is 5.92 Å². The average molecular weight is 268 g/mol. The van der Waals surface area contributed by atoms with Crippen LogP contribution in [0.5, 0.6) is 5.75 Å². The summed E-state index contributed by atoms with van der Waals surface area (Å²) in [6.45, 7) is -0.0520. The lowest BCUT2D eigenvalue weighted by atomic mass is 10.0. The fourth-order valence-corrected chi connectivity index (χ4v) is 2.69. The van der Waals surface area contributed by atoms with Crippen molar-refractivity contribution < 1.29 is 19.3 Å². The maximum absolute atomic E-state index is 13.2. The number of halogens is 1. The van der Waals surface area contributed by atoms with Gasteiger partial charge in [-0.15, -0.1) is 0 Å². The van der Waals surface area contributed by atoms with Gasteiger partial charge < -0.3 is 14.9 Å². The predicted molar refractivity (Wildman–Crippen MR) is 70.4 cm³/mol. The second kappa shape index (κ2) is 6.87. The van der Waals surface area contributed by atoms with Gasteiger partial charge in [-0.3, -0.25) is 0 Å². The van der Waals surface area contributed by atoms with Crippen LogP contribution in [0.25, 0.3) is 0 Å². The highest BCUT2D eigenvalue weighted by atomic mass is 19.1. The zero-order chi connectivity index (χ0) is 13.7.